The van der Waals surface area contributed by atoms with Crippen molar-refractivity contribution in [2.75, 3.05) is 31.2 Å². The lowest BCUT2D eigenvalue weighted by atomic mass is 10.5. The number of aromatic nitrogens is 2. The van der Waals surface area contributed by atoms with E-state index in [0.717, 1.165) is 6.20 Å². The van der Waals surface area contributed by atoms with Gasteiger partial charge < -0.3 is 21.7 Å². The molecule has 14 heteroatoms. The van der Waals surface area contributed by atoms with Crippen molar-refractivity contribution < 1.29 is 18.1 Å². The van der Waals surface area contributed by atoms with Crippen molar-refractivity contribution in [3.8, 4) is 0 Å². The maximum Gasteiger partial charge on any atom is 0.408 e. The van der Waals surface area contributed by atoms with Crippen molar-refractivity contribution in [1.29, 1.82) is 0 Å². The molecule has 0 saturated carbocycles. The highest BCUT2D eigenvalue weighted by Gasteiger charge is 2.26. The molecule has 1 aromatic heterocycles. The van der Waals surface area contributed by atoms with Crippen LogP contribution in [-0.2, 0) is 5.75 Å². The van der Waals surface area contributed by atoms with Gasteiger partial charge in [-0.2, -0.15) is 24.9 Å². The lowest BCUT2D eigenvalue weighted by Crippen LogP contribution is -2.26. The summed E-state index contributed by atoms with van der Waals surface area (Å²) in [5.41, 5.74) is 5.38. The van der Waals surface area contributed by atoms with Crippen LogP contribution < -0.4 is 21.7 Å². The van der Waals surface area contributed by atoms with E-state index in [1.807, 2.05) is 0 Å². The fourth-order valence-corrected chi connectivity index (χ4v) is 2.32. The standard InChI is InChI=1S/C13H19F3N8O2S/c1-18-10(6-24(25)26)20-4-5-27-7-11-19-3-2-9(22-11)23-12(17)21-8-13(14,15)16/h2-3,6,18,20H,4-5,7-8H2,1H3,(H3,17,19,21,22,23). The zero-order valence-corrected chi connectivity index (χ0v) is 15.1. The van der Waals surface area contributed by atoms with Crippen molar-refractivity contribution in [1.82, 2.24) is 20.6 Å². The van der Waals surface area contributed by atoms with Gasteiger partial charge in [-0.05, 0) is 6.07 Å². The number of hydrogen-bond donors (Lipinski definition) is 4. The zero-order chi connectivity index (χ0) is 20.3. The second-order valence-electron chi connectivity index (χ2n) is 4.86. The van der Waals surface area contributed by atoms with Crippen LogP contribution in [0.3, 0.4) is 0 Å². The monoisotopic (exact) mass is 408 g/mol. The first-order chi connectivity index (χ1) is 12.7. The van der Waals surface area contributed by atoms with Crippen LogP contribution in [0, 0.1) is 10.1 Å². The van der Waals surface area contributed by atoms with Gasteiger partial charge in [0, 0.05) is 25.5 Å². The maximum absolute atomic E-state index is 12.1. The van der Waals surface area contributed by atoms with Crippen LogP contribution in [0.1, 0.15) is 5.82 Å². The van der Waals surface area contributed by atoms with Crippen molar-refractivity contribution in [3.63, 3.8) is 0 Å². The minimum Gasteiger partial charge on any atom is -0.370 e. The molecule has 0 aliphatic carbocycles. The van der Waals surface area contributed by atoms with Crippen LogP contribution in [0.15, 0.2) is 29.3 Å². The summed E-state index contributed by atoms with van der Waals surface area (Å²) in [5, 5.41) is 18.4. The largest absolute Gasteiger partial charge is 0.408 e. The number of rotatable bonds is 10. The number of guanidine groups is 1. The number of hydrogen-bond acceptors (Lipinski definition) is 8. The molecule has 0 radical (unpaired) electrons. The Kier molecular flexibility index (Phi) is 9.12. The van der Waals surface area contributed by atoms with Crippen molar-refractivity contribution >= 4 is 23.5 Å². The molecule has 150 valence electrons. The Morgan fingerprint density at radius 1 is 1.52 bits per heavy atom. The SMILES string of the molecule is CNC(=C[N+](=O)[O-])NCCSCc1nccc(NC(N)=NCC(F)(F)F)n1. The van der Waals surface area contributed by atoms with Crippen molar-refractivity contribution in [2.24, 2.45) is 10.7 Å². The van der Waals surface area contributed by atoms with E-state index in [1.54, 1.807) is 7.05 Å². The van der Waals surface area contributed by atoms with Gasteiger partial charge in [0.1, 0.15) is 18.2 Å². The van der Waals surface area contributed by atoms with Gasteiger partial charge in [-0.1, -0.05) is 0 Å². The summed E-state index contributed by atoms with van der Waals surface area (Å²) in [6.07, 6.45) is -2.16. The number of nitrogens with one attached hydrogen (secondary N) is 3. The van der Waals surface area contributed by atoms with Crippen LogP contribution in [0.4, 0.5) is 19.0 Å². The topological polar surface area (TPSA) is 143 Å². The Balaban J connectivity index is 2.43. The first kappa shape index (κ1) is 22.3. The second kappa shape index (κ2) is 11.1. The van der Waals surface area contributed by atoms with Crippen molar-refractivity contribution in [2.45, 2.75) is 11.9 Å². The molecule has 0 amide bonds. The van der Waals surface area contributed by atoms with E-state index in [0.29, 0.717) is 23.9 Å². The number of anilines is 1. The molecule has 0 aromatic carbocycles. The van der Waals surface area contributed by atoms with Crippen LogP contribution in [-0.4, -0.2) is 52.9 Å². The molecular formula is C13H19F3N8O2S. The number of thioether (sulfide) groups is 1. The normalized spacial score (nSPS) is 12.6. The maximum atomic E-state index is 12.1. The first-order valence-corrected chi connectivity index (χ1v) is 8.65. The molecule has 0 bridgehead atoms. The molecule has 0 unspecified atom stereocenters. The molecule has 1 heterocycles. The van der Waals surface area contributed by atoms with Gasteiger partial charge in [0.2, 0.25) is 0 Å². The van der Waals surface area contributed by atoms with Crippen LogP contribution in [0.2, 0.25) is 0 Å². The molecule has 0 atom stereocenters. The molecule has 10 nitrogen and oxygen atoms in total. The molecule has 5 N–H and O–H groups in total. The zero-order valence-electron chi connectivity index (χ0n) is 14.3. The van der Waals surface area contributed by atoms with Gasteiger partial charge in [-0.15, -0.1) is 0 Å². The Bertz CT molecular complexity index is 684. The van der Waals surface area contributed by atoms with E-state index in [9.17, 15) is 23.3 Å². The van der Waals surface area contributed by atoms with E-state index in [2.05, 4.69) is 30.9 Å². The number of halogens is 3. The van der Waals surface area contributed by atoms with Gasteiger partial charge in [-0.3, -0.25) is 10.1 Å². The summed E-state index contributed by atoms with van der Waals surface area (Å²) < 4.78 is 36.3. The third kappa shape index (κ3) is 10.7. The summed E-state index contributed by atoms with van der Waals surface area (Å²) in [5.74, 6) is 1.62. The molecule has 0 spiro atoms. The summed E-state index contributed by atoms with van der Waals surface area (Å²) in [6.45, 7) is -0.910. The summed E-state index contributed by atoms with van der Waals surface area (Å²) in [7, 11) is 1.56. The molecule has 0 fully saturated rings. The van der Waals surface area contributed by atoms with E-state index >= 15 is 0 Å². The van der Waals surface area contributed by atoms with Gasteiger partial charge in [0.25, 0.3) is 6.20 Å². The highest BCUT2D eigenvalue weighted by Crippen LogP contribution is 2.14. The van der Waals surface area contributed by atoms with Gasteiger partial charge in [0.05, 0.1) is 10.7 Å². The van der Waals surface area contributed by atoms with E-state index in [-0.39, 0.29) is 11.6 Å². The number of nitrogens with zero attached hydrogens (tertiary/aromatic N) is 4. The Morgan fingerprint density at radius 3 is 2.89 bits per heavy atom. The summed E-state index contributed by atoms with van der Waals surface area (Å²) in [6, 6.07) is 1.45. The molecule has 1 aromatic rings. The molecule has 0 aliphatic heterocycles. The predicted octanol–water partition coefficient (Wildman–Crippen LogP) is 0.883. The van der Waals surface area contributed by atoms with Gasteiger partial charge in [-0.25, -0.2) is 15.0 Å². The summed E-state index contributed by atoms with van der Waals surface area (Å²) >= 11 is 1.47. The summed E-state index contributed by atoms with van der Waals surface area (Å²) in [4.78, 5) is 21.2. The molecular weight excluding hydrogens is 389 g/mol. The number of alkyl halides is 3. The first-order valence-electron chi connectivity index (χ1n) is 7.50. The molecule has 1 rings (SSSR count). The second-order valence-corrected chi connectivity index (χ2v) is 5.96. The van der Waals surface area contributed by atoms with Crippen LogP contribution in [0.25, 0.3) is 0 Å². The smallest absolute Gasteiger partial charge is 0.370 e. The highest BCUT2D eigenvalue weighted by atomic mass is 32.2. The van der Waals surface area contributed by atoms with Crippen molar-refractivity contribution in [3.05, 3.63) is 40.2 Å². The third-order valence-electron chi connectivity index (χ3n) is 2.69. The fourth-order valence-electron chi connectivity index (χ4n) is 1.61. The van der Waals surface area contributed by atoms with Crippen LogP contribution >= 0.6 is 11.8 Å². The Hall–Kier alpha value is -2.77. The number of nitrogens with two attached hydrogens (primary N) is 1. The van der Waals surface area contributed by atoms with E-state index in [1.165, 1.54) is 24.0 Å². The van der Waals surface area contributed by atoms with E-state index in [4.69, 9.17) is 5.73 Å². The van der Waals surface area contributed by atoms with E-state index < -0.39 is 23.6 Å². The third-order valence-corrected chi connectivity index (χ3v) is 3.64. The minimum absolute atomic E-state index is 0.230. The van der Waals surface area contributed by atoms with Gasteiger partial charge in [0.15, 0.2) is 11.8 Å². The molecule has 0 saturated heterocycles. The number of aliphatic imine (C=N–C) groups is 1. The fraction of sp³-hybridized carbons (Fsp3) is 0.462. The minimum atomic E-state index is -4.43. The lowest BCUT2D eigenvalue weighted by Gasteiger charge is -2.08. The number of nitro groups is 1. The lowest BCUT2D eigenvalue weighted by molar-refractivity contribution is -0.404. The predicted molar refractivity (Wildman–Crippen MR) is 96.5 cm³/mol. The Morgan fingerprint density at radius 2 is 2.26 bits per heavy atom. The van der Waals surface area contributed by atoms with Gasteiger partial charge >= 0.3 is 6.18 Å². The average Bonchev–Trinajstić information content (AvgIpc) is 2.58. The quantitative estimate of drug-likeness (QED) is 0.146. The molecule has 0 aliphatic rings. The molecule has 27 heavy (non-hydrogen) atoms. The average molecular weight is 408 g/mol. The van der Waals surface area contributed by atoms with Crippen LogP contribution in [0.5, 0.6) is 0 Å². The Labute approximate surface area is 157 Å². The highest BCUT2D eigenvalue weighted by molar-refractivity contribution is 7.98.